The van der Waals surface area contributed by atoms with Gasteiger partial charge in [-0.15, -0.1) is 0 Å². The number of carbonyl (C=O) groups is 2. The molecular formula is C43H76NO9P. The van der Waals surface area contributed by atoms with E-state index in [2.05, 4.69) is 19.1 Å². The summed E-state index contributed by atoms with van der Waals surface area (Å²) in [5, 5.41) is 9.76. The number of aliphatic hydroxyl groups is 1. The second-order valence-electron chi connectivity index (χ2n) is 14.8. The Hall–Kier alpha value is -2.33. The van der Waals surface area contributed by atoms with Crippen molar-refractivity contribution in [3.05, 3.63) is 60.8 Å². The van der Waals surface area contributed by atoms with Gasteiger partial charge in [0.05, 0.1) is 33.9 Å². The lowest BCUT2D eigenvalue weighted by Gasteiger charge is -2.28. The number of likely N-dealkylation sites (N-methyl/N-ethyl adjacent to an activating group) is 1. The van der Waals surface area contributed by atoms with Crippen LogP contribution in [0.25, 0.3) is 0 Å². The average Bonchev–Trinajstić information content (AvgIpc) is 3.11. The number of quaternary nitrogens is 1. The Kier molecular flexibility index (Phi) is 33.6. The molecule has 0 aliphatic rings. The number of unbranched alkanes of at least 4 members (excludes halogenated alkanes) is 12. The van der Waals surface area contributed by atoms with Crippen LogP contribution in [-0.4, -0.2) is 81.2 Å². The smallest absolute Gasteiger partial charge is 0.306 e. The number of nitrogens with zero attached hydrogens (tertiary/aromatic N) is 1. The monoisotopic (exact) mass is 782 g/mol. The fourth-order valence-corrected chi connectivity index (χ4v) is 5.85. The molecule has 0 amide bonds. The molecular weight excluding hydrogens is 705 g/mol. The van der Waals surface area contributed by atoms with Gasteiger partial charge in [-0.2, -0.15) is 0 Å². The van der Waals surface area contributed by atoms with Crippen LogP contribution in [0.1, 0.15) is 142 Å². The van der Waals surface area contributed by atoms with Gasteiger partial charge in [0.2, 0.25) is 0 Å². The summed E-state index contributed by atoms with van der Waals surface area (Å²) in [5.41, 5.74) is 0. The maximum atomic E-state index is 12.6. The van der Waals surface area contributed by atoms with Gasteiger partial charge in [-0.05, 0) is 44.9 Å². The third kappa shape index (κ3) is 38.0. The summed E-state index contributed by atoms with van der Waals surface area (Å²) in [5.74, 6) is -0.931. The Balaban J connectivity index is 4.55. The largest absolute Gasteiger partial charge is 0.756 e. The molecule has 54 heavy (non-hydrogen) atoms. The van der Waals surface area contributed by atoms with Gasteiger partial charge in [-0.25, -0.2) is 0 Å². The third-order valence-corrected chi connectivity index (χ3v) is 9.34. The third-order valence-electron chi connectivity index (χ3n) is 8.38. The molecule has 0 saturated carbocycles. The molecule has 0 spiro atoms. The van der Waals surface area contributed by atoms with E-state index in [-0.39, 0.29) is 26.1 Å². The molecule has 10 nitrogen and oxygen atoms in total. The molecule has 0 aromatic carbocycles. The van der Waals surface area contributed by atoms with Crippen LogP contribution in [0.4, 0.5) is 0 Å². The lowest BCUT2D eigenvalue weighted by atomic mass is 10.0. The molecule has 0 aliphatic carbocycles. The van der Waals surface area contributed by atoms with Crippen molar-refractivity contribution < 1.29 is 47.2 Å². The van der Waals surface area contributed by atoms with E-state index < -0.39 is 38.6 Å². The zero-order chi connectivity index (χ0) is 40.2. The van der Waals surface area contributed by atoms with Crippen LogP contribution < -0.4 is 4.89 Å². The van der Waals surface area contributed by atoms with Crippen molar-refractivity contribution >= 4 is 19.8 Å². The minimum Gasteiger partial charge on any atom is -0.756 e. The number of allylic oxidation sites excluding steroid dienone is 8. The molecule has 0 heterocycles. The first kappa shape index (κ1) is 51.7. The molecule has 312 valence electrons. The van der Waals surface area contributed by atoms with Crippen molar-refractivity contribution in [1.29, 1.82) is 0 Å². The average molecular weight is 782 g/mol. The molecule has 0 radical (unpaired) electrons. The van der Waals surface area contributed by atoms with E-state index in [1.807, 2.05) is 76.7 Å². The number of carbonyl (C=O) groups excluding carboxylic acids is 2. The molecule has 0 aromatic rings. The van der Waals surface area contributed by atoms with E-state index >= 15 is 0 Å². The number of hydrogen-bond donors (Lipinski definition) is 1. The van der Waals surface area contributed by atoms with Crippen molar-refractivity contribution in [2.45, 2.75) is 154 Å². The van der Waals surface area contributed by atoms with Crippen LogP contribution in [0.2, 0.25) is 0 Å². The molecule has 2 unspecified atom stereocenters. The van der Waals surface area contributed by atoms with E-state index in [1.54, 1.807) is 0 Å². The summed E-state index contributed by atoms with van der Waals surface area (Å²) < 4.78 is 33.7. The number of phosphoric acid groups is 1. The number of ether oxygens (including phenoxy) is 2. The topological polar surface area (TPSA) is 131 Å². The van der Waals surface area contributed by atoms with Crippen molar-refractivity contribution in [2.24, 2.45) is 0 Å². The highest BCUT2D eigenvalue weighted by Crippen LogP contribution is 2.38. The summed E-state index contributed by atoms with van der Waals surface area (Å²) in [6, 6.07) is 0. The molecule has 0 aromatic heterocycles. The Bertz CT molecular complexity index is 1130. The van der Waals surface area contributed by atoms with Crippen molar-refractivity contribution in [2.75, 3.05) is 47.5 Å². The zero-order valence-corrected chi connectivity index (χ0v) is 35.4. The molecule has 0 saturated heterocycles. The van der Waals surface area contributed by atoms with E-state index in [4.69, 9.17) is 18.5 Å². The lowest BCUT2D eigenvalue weighted by molar-refractivity contribution is -0.870. The Morgan fingerprint density at radius 1 is 0.704 bits per heavy atom. The molecule has 0 aliphatic heterocycles. The van der Waals surface area contributed by atoms with Crippen LogP contribution in [0.3, 0.4) is 0 Å². The second-order valence-corrected chi connectivity index (χ2v) is 16.2. The zero-order valence-electron chi connectivity index (χ0n) is 34.5. The van der Waals surface area contributed by atoms with Crippen molar-refractivity contribution in [3.63, 3.8) is 0 Å². The first-order valence-electron chi connectivity index (χ1n) is 20.6. The number of aliphatic hydroxyl groups excluding tert-OH is 1. The fourth-order valence-electron chi connectivity index (χ4n) is 5.12. The summed E-state index contributed by atoms with van der Waals surface area (Å²) in [6.45, 7) is 3.88. The van der Waals surface area contributed by atoms with E-state index in [0.717, 1.165) is 32.1 Å². The molecule has 11 heteroatoms. The molecule has 0 bridgehead atoms. The Morgan fingerprint density at radius 2 is 1.28 bits per heavy atom. The summed E-state index contributed by atoms with van der Waals surface area (Å²) in [4.78, 5) is 37.4. The van der Waals surface area contributed by atoms with E-state index in [0.29, 0.717) is 36.7 Å². The van der Waals surface area contributed by atoms with Gasteiger partial charge in [0, 0.05) is 12.8 Å². The SMILES string of the molecule is CC/C=C\C(O)C/C=C/C=C\C/C=C\C/C=C\CCCC(=O)O[C@H](COC(=O)CCCCCCCCCCCCCC)COP(=O)([O-])OCC[N+](C)(C)C. The van der Waals surface area contributed by atoms with Crippen LogP contribution in [0.15, 0.2) is 60.8 Å². The number of hydrogen-bond acceptors (Lipinski definition) is 9. The summed E-state index contributed by atoms with van der Waals surface area (Å²) in [7, 11) is 1.09. The van der Waals surface area contributed by atoms with E-state index in [9.17, 15) is 24.2 Å². The van der Waals surface area contributed by atoms with Gasteiger partial charge in [-0.1, -0.05) is 145 Å². The maximum absolute atomic E-state index is 12.6. The first-order chi connectivity index (χ1) is 25.9. The van der Waals surface area contributed by atoms with E-state index in [1.165, 1.54) is 57.8 Å². The summed E-state index contributed by atoms with van der Waals surface area (Å²) in [6.07, 6.45) is 37.4. The number of phosphoric ester groups is 1. The van der Waals surface area contributed by atoms with Gasteiger partial charge in [0.15, 0.2) is 6.10 Å². The van der Waals surface area contributed by atoms with Gasteiger partial charge < -0.3 is 33.0 Å². The molecule has 0 rings (SSSR count). The standard InChI is InChI=1S/C43H76NO9P/c1-6-8-10-11-12-13-14-18-21-24-27-30-34-42(46)50-38-41(39-52-54(48,49)51-37-36-44(3,4)5)53-43(47)35-31-28-25-22-19-16-15-17-20-23-26-29-33-40(45)32-9-7-2/h9,15-16,20,22-23,25-26,29,32,40-41,45H,6-8,10-14,17-19,21,24,27-28,30-31,33-39H2,1-5H3/b16-15-,23-20-,25-22-,29-26+,32-9-/t40?,41-/m1/s1. The number of rotatable bonds is 36. The number of esters is 2. The van der Waals surface area contributed by atoms with Crippen LogP contribution >= 0.6 is 7.82 Å². The van der Waals surface area contributed by atoms with Crippen LogP contribution in [0.5, 0.6) is 0 Å². The molecule has 0 fully saturated rings. The lowest BCUT2D eigenvalue weighted by Crippen LogP contribution is -2.37. The van der Waals surface area contributed by atoms with Crippen LogP contribution in [0, 0.1) is 0 Å². The highest BCUT2D eigenvalue weighted by molar-refractivity contribution is 7.45. The second kappa shape index (κ2) is 35.1. The minimum atomic E-state index is -4.65. The quantitative estimate of drug-likeness (QED) is 0.0165. The molecule has 3 atom stereocenters. The van der Waals surface area contributed by atoms with Crippen LogP contribution in [-0.2, 0) is 32.7 Å². The molecule has 1 N–H and O–H groups in total. The van der Waals surface area contributed by atoms with Crippen molar-refractivity contribution in [3.8, 4) is 0 Å². The maximum Gasteiger partial charge on any atom is 0.306 e. The highest BCUT2D eigenvalue weighted by atomic mass is 31.2. The van der Waals surface area contributed by atoms with Gasteiger partial charge in [0.25, 0.3) is 7.82 Å². The fraction of sp³-hybridized carbons (Fsp3) is 0.721. The summed E-state index contributed by atoms with van der Waals surface area (Å²) >= 11 is 0. The Labute approximate surface area is 329 Å². The Morgan fingerprint density at radius 3 is 1.91 bits per heavy atom. The predicted octanol–water partition coefficient (Wildman–Crippen LogP) is 9.63. The minimum absolute atomic E-state index is 0.0508. The van der Waals surface area contributed by atoms with Gasteiger partial charge in [0.1, 0.15) is 19.8 Å². The highest BCUT2D eigenvalue weighted by Gasteiger charge is 2.21. The van der Waals surface area contributed by atoms with Gasteiger partial charge in [-0.3, -0.25) is 14.2 Å². The van der Waals surface area contributed by atoms with Gasteiger partial charge >= 0.3 is 11.9 Å². The predicted molar refractivity (Wildman–Crippen MR) is 219 cm³/mol. The first-order valence-corrected chi connectivity index (χ1v) is 22.1. The normalized spacial score (nSPS) is 14.9. The van der Waals surface area contributed by atoms with Crippen molar-refractivity contribution in [1.82, 2.24) is 0 Å².